The smallest absolute Gasteiger partial charge is 0.0982 e. The van der Waals surface area contributed by atoms with Crippen LogP contribution in [-0.4, -0.2) is 35.2 Å². The molecule has 0 bridgehead atoms. The first-order valence-electron chi connectivity index (χ1n) is 33.8. The van der Waals surface area contributed by atoms with Gasteiger partial charge in [-0.25, -0.2) is 0 Å². The zero-order chi connectivity index (χ0) is 53.6. The fourth-order valence-electron chi connectivity index (χ4n) is 20.2. The zero-order valence-electron chi connectivity index (χ0n) is 49.1. The molecule has 1 heterocycles. The van der Waals surface area contributed by atoms with Crippen LogP contribution in [-0.2, 0) is 4.74 Å². The summed E-state index contributed by atoms with van der Waals surface area (Å²) in [4.78, 5) is 6.07. The van der Waals surface area contributed by atoms with Crippen LogP contribution in [0, 0.1) is 46.8 Å². The Kier molecular flexibility index (Phi) is 15.6. The summed E-state index contributed by atoms with van der Waals surface area (Å²) >= 11 is 0. The van der Waals surface area contributed by atoms with Crippen molar-refractivity contribution in [2.24, 2.45) is 46.8 Å². The van der Waals surface area contributed by atoms with Gasteiger partial charge in [-0.1, -0.05) is 134 Å². The lowest BCUT2D eigenvalue weighted by Crippen LogP contribution is -2.50. The van der Waals surface area contributed by atoms with Crippen LogP contribution in [0.15, 0.2) is 174 Å². The second kappa shape index (κ2) is 23.5. The third-order valence-electron chi connectivity index (χ3n) is 23.9. The number of ether oxygens (including phenoxy) is 1. The summed E-state index contributed by atoms with van der Waals surface area (Å²) in [5.41, 5.74) is 14.7. The lowest BCUT2D eigenvalue weighted by molar-refractivity contribution is -0.00220. The van der Waals surface area contributed by atoms with Crippen molar-refractivity contribution in [2.75, 3.05) is 4.90 Å². The second-order valence-corrected chi connectivity index (χ2v) is 27.8. The third-order valence-corrected chi connectivity index (χ3v) is 23.9. The number of nitrogens with zero attached hydrogens (tertiary/aromatic N) is 2. The quantitative estimate of drug-likeness (QED) is 0.183. The van der Waals surface area contributed by atoms with E-state index in [4.69, 9.17) is 4.74 Å². The van der Waals surface area contributed by atoms with Crippen molar-refractivity contribution in [3.05, 3.63) is 185 Å². The molecule has 11 unspecified atom stereocenters. The van der Waals surface area contributed by atoms with Gasteiger partial charge in [0.05, 0.1) is 17.9 Å². The number of allylic oxidation sites excluding steroid dienone is 19. The molecule has 11 atom stereocenters. The van der Waals surface area contributed by atoms with Crippen LogP contribution in [0.1, 0.15) is 216 Å². The summed E-state index contributed by atoms with van der Waals surface area (Å²) in [5, 5.41) is 0. The van der Waals surface area contributed by atoms with Gasteiger partial charge in [-0.15, -0.1) is 6.58 Å². The molecule has 0 spiro atoms. The minimum atomic E-state index is 0.255. The van der Waals surface area contributed by atoms with Crippen LogP contribution in [0.5, 0.6) is 0 Å². The summed E-state index contributed by atoms with van der Waals surface area (Å²) in [6.07, 6.45) is 81.9. The highest BCUT2D eigenvalue weighted by Crippen LogP contribution is 2.70. The first-order valence-corrected chi connectivity index (χ1v) is 33.8. The van der Waals surface area contributed by atoms with Gasteiger partial charge in [-0.2, -0.15) is 0 Å². The zero-order valence-corrected chi connectivity index (χ0v) is 49.1. The third kappa shape index (κ3) is 9.92. The summed E-state index contributed by atoms with van der Waals surface area (Å²) in [6, 6.07) is 10.1. The van der Waals surface area contributed by atoms with Gasteiger partial charge in [0.25, 0.3) is 0 Å². The molecule has 4 saturated carbocycles. The van der Waals surface area contributed by atoms with Gasteiger partial charge in [0, 0.05) is 53.2 Å². The highest BCUT2D eigenvalue weighted by molar-refractivity contribution is 5.65. The van der Waals surface area contributed by atoms with E-state index in [1.165, 1.54) is 184 Å². The SMILES string of the molecule is C=CC1=CCC(C2=CCC(N3c4ccc(C5CCC(N(C6=CCCC=C6C6=CCCCC6)C6C=CC7C8CCC=CC8C(C8=CCCCC8)(C8CCC(OC9=CCC(C=C)CC9)CC8)C7C6)CC5)cc4C4CCCCC43)C=C2)C=C1. The largest absolute Gasteiger partial charge is 0.495 e. The average molecular weight is 1070 g/mol. The van der Waals surface area contributed by atoms with E-state index in [1.54, 1.807) is 33.7 Å². The van der Waals surface area contributed by atoms with E-state index >= 15 is 0 Å². The second-order valence-electron chi connectivity index (χ2n) is 27.8. The van der Waals surface area contributed by atoms with E-state index in [0.717, 1.165) is 37.5 Å². The predicted molar refractivity (Wildman–Crippen MR) is 335 cm³/mol. The summed E-state index contributed by atoms with van der Waals surface area (Å²) in [7, 11) is 0. The highest BCUT2D eigenvalue weighted by Gasteiger charge is 2.64. The van der Waals surface area contributed by atoms with Crippen LogP contribution in [0.2, 0.25) is 0 Å². The maximum atomic E-state index is 6.95. The standard InChI is InChI=1S/C77H98N2O/c1-3-53-27-31-55(32-28-53)56-33-42-63(43-34-56)79-75-26-16-13-23-70(75)71-51-59(37-50-76(71)79)57-35-40-62(41-36-57)78(74-25-15-12-21-67(74)58-17-7-5-8-18-58)64-44-49-69-68-22-11-14-24-72(68)77(73(69)52-64,60-19-9-6-10-20-60)61-38-47-66(48-39-61)80-65-45-29-54(4-2)30-46-65/h3-4,14,17,19,21,24-25,27-28,31,33-34,37,42,44-45,49-51,54-55,57,61-64,66,68-70,72-73,75H,1-2,5-13,15-16,18,20,22-23,26,29-30,32,35-36,38-41,43,46-48,52H2. The van der Waals surface area contributed by atoms with Crippen molar-refractivity contribution in [1.29, 1.82) is 0 Å². The molecule has 12 aliphatic carbocycles. The van der Waals surface area contributed by atoms with Gasteiger partial charge in [-0.3, -0.25) is 0 Å². The Morgan fingerprint density at radius 2 is 1.52 bits per heavy atom. The first kappa shape index (κ1) is 53.3. The number of hydrogen-bond acceptors (Lipinski definition) is 3. The highest BCUT2D eigenvalue weighted by atomic mass is 16.5. The normalized spacial score (nSPS) is 38.5. The summed E-state index contributed by atoms with van der Waals surface area (Å²) < 4.78 is 6.95. The lowest BCUT2D eigenvalue weighted by atomic mass is 9.52. The minimum absolute atomic E-state index is 0.255. The van der Waals surface area contributed by atoms with Crippen molar-refractivity contribution >= 4 is 5.69 Å². The molecule has 0 radical (unpaired) electrons. The Bertz CT molecular complexity index is 2830. The molecule has 3 nitrogen and oxygen atoms in total. The molecule has 80 heavy (non-hydrogen) atoms. The number of hydrogen-bond donors (Lipinski definition) is 0. The Balaban J connectivity index is 0.741. The topological polar surface area (TPSA) is 15.7 Å². The van der Waals surface area contributed by atoms with Crippen molar-refractivity contribution < 1.29 is 4.74 Å². The molecule has 3 heteroatoms. The number of anilines is 1. The Morgan fingerprint density at radius 3 is 2.29 bits per heavy atom. The lowest BCUT2D eigenvalue weighted by Gasteiger charge is -2.54. The molecule has 0 amide bonds. The fraction of sp³-hybridized carbons (Fsp3) is 0.584. The van der Waals surface area contributed by atoms with Crippen LogP contribution in [0.25, 0.3) is 0 Å². The molecule has 13 aliphatic rings. The van der Waals surface area contributed by atoms with Crippen molar-refractivity contribution in [3.8, 4) is 0 Å². The molecular formula is C77H98N2O. The van der Waals surface area contributed by atoms with Crippen LogP contribution in [0.3, 0.4) is 0 Å². The van der Waals surface area contributed by atoms with Crippen LogP contribution >= 0.6 is 0 Å². The van der Waals surface area contributed by atoms with E-state index in [9.17, 15) is 0 Å². The number of fused-ring (bicyclic) bond motifs is 6. The van der Waals surface area contributed by atoms with Crippen molar-refractivity contribution in [1.82, 2.24) is 4.90 Å². The van der Waals surface area contributed by atoms with Crippen molar-refractivity contribution in [3.63, 3.8) is 0 Å². The fourth-order valence-corrected chi connectivity index (χ4v) is 20.2. The monoisotopic (exact) mass is 1070 g/mol. The van der Waals surface area contributed by atoms with Gasteiger partial charge in [-0.05, 0) is 260 Å². The Hall–Kier alpha value is -4.76. The molecule has 14 rings (SSSR count). The number of benzene rings is 1. The molecule has 1 aromatic rings. The van der Waals surface area contributed by atoms with Crippen molar-refractivity contribution in [2.45, 2.75) is 235 Å². The number of rotatable bonds is 13. The molecule has 4 fully saturated rings. The van der Waals surface area contributed by atoms with Gasteiger partial charge >= 0.3 is 0 Å². The predicted octanol–water partition coefficient (Wildman–Crippen LogP) is 20.0. The van der Waals surface area contributed by atoms with Crippen LogP contribution < -0.4 is 4.90 Å². The molecule has 422 valence electrons. The van der Waals surface area contributed by atoms with E-state index in [2.05, 4.69) is 138 Å². The first-order chi connectivity index (χ1) is 39.5. The van der Waals surface area contributed by atoms with E-state index in [-0.39, 0.29) is 5.41 Å². The van der Waals surface area contributed by atoms with Gasteiger partial charge < -0.3 is 14.5 Å². The minimum Gasteiger partial charge on any atom is -0.495 e. The molecule has 1 aromatic carbocycles. The van der Waals surface area contributed by atoms with E-state index < -0.39 is 0 Å². The maximum Gasteiger partial charge on any atom is 0.0982 e. The van der Waals surface area contributed by atoms with Gasteiger partial charge in [0.2, 0.25) is 0 Å². The summed E-state index contributed by atoms with van der Waals surface area (Å²) in [5.74, 6) is 7.24. The van der Waals surface area contributed by atoms with E-state index in [1.807, 2.05) is 11.6 Å². The molecule has 0 saturated heterocycles. The Labute approximate surface area is 484 Å². The van der Waals surface area contributed by atoms with Gasteiger partial charge in [0.1, 0.15) is 0 Å². The Morgan fingerprint density at radius 1 is 0.662 bits per heavy atom. The van der Waals surface area contributed by atoms with Gasteiger partial charge in [0.15, 0.2) is 0 Å². The maximum absolute atomic E-state index is 6.95. The molecule has 1 aliphatic heterocycles. The average Bonchev–Trinajstić information content (AvgIpc) is 4.04. The van der Waals surface area contributed by atoms with Crippen LogP contribution in [0.4, 0.5) is 5.69 Å². The molecule has 0 N–H and O–H groups in total. The van der Waals surface area contributed by atoms with E-state index in [0.29, 0.717) is 71.7 Å². The summed E-state index contributed by atoms with van der Waals surface area (Å²) in [6.45, 7) is 8.12. The molecule has 0 aromatic heterocycles. The molecular weight excluding hydrogens is 969 g/mol.